The second-order valence-electron chi connectivity index (χ2n) is 8.45. The molecule has 2 unspecified atom stereocenters. The molecule has 4 aromatic rings. The Labute approximate surface area is 194 Å². The first kappa shape index (κ1) is 22.4. The Morgan fingerprint density at radius 3 is 2.32 bits per heavy atom. The summed E-state index contributed by atoms with van der Waals surface area (Å²) >= 11 is 0. The number of benzene rings is 4. The quantitative estimate of drug-likeness (QED) is 0.400. The minimum absolute atomic E-state index is 0.147. The van der Waals surface area contributed by atoms with Crippen LogP contribution in [0.4, 0.5) is 13.2 Å². The van der Waals surface area contributed by atoms with Crippen molar-refractivity contribution in [2.45, 2.75) is 23.5 Å². The second kappa shape index (κ2) is 8.14. The van der Waals surface area contributed by atoms with Gasteiger partial charge in [0.05, 0.1) is 10.9 Å². The Balaban J connectivity index is 1.67. The molecule has 0 aliphatic carbocycles. The van der Waals surface area contributed by atoms with Crippen molar-refractivity contribution in [2.24, 2.45) is 5.73 Å². The van der Waals surface area contributed by atoms with Crippen LogP contribution < -0.4 is 10.5 Å². The van der Waals surface area contributed by atoms with Crippen molar-refractivity contribution in [3.05, 3.63) is 95.3 Å². The van der Waals surface area contributed by atoms with Gasteiger partial charge >= 0.3 is 0 Å². The number of hydrogen-bond acceptors (Lipinski definition) is 4. The molecule has 34 heavy (non-hydrogen) atoms. The fraction of sp³-hybridized carbons (Fsp3) is 0.154. The molecule has 0 radical (unpaired) electrons. The van der Waals surface area contributed by atoms with E-state index in [1.807, 2.05) is 36.4 Å². The maximum absolute atomic E-state index is 14.5. The lowest BCUT2D eigenvalue weighted by Crippen LogP contribution is -2.38. The third-order valence-corrected chi connectivity index (χ3v) is 7.19. The van der Waals surface area contributed by atoms with Crippen LogP contribution in [0, 0.1) is 17.5 Å². The highest BCUT2D eigenvalue weighted by molar-refractivity contribution is 7.90. The zero-order valence-electron chi connectivity index (χ0n) is 18.1. The van der Waals surface area contributed by atoms with E-state index in [9.17, 15) is 21.6 Å². The summed E-state index contributed by atoms with van der Waals surface area (Å²) in [6.07, 6.45) is 0.439. The maximum Gasteiger partial charge on any atom is 0.175 e. The molecule has 0 bridgehead atoms. The Morgan fingerprint density at radius 1 is 0.882 bits per heavy atom. The van der Waals surface area contributed by atoms with E-state index in [1.54, 1.807) is 18.2 Å². The summed E-state index contributed by atoms with van der Waals surface area (Å²) < 4.78 is 72.1. The van der Waals surface area contributed by atoms with Crippen LogP contribution >= 0.6 is 0 Å². The average molecular weight is 484 g/mol. The number of sulfone groups is 1. The Kier molecular flexibility index (Phi) is 5.37. The standard InChI is InChI=1S/C26H20F3NO3S/c1-34(31,32)16-6-4-5-14(9-16)19-10-15-11-24(30)26(20-12-22(28)23(29)13-21(20)27)33-25(15)18-8-3-2-7-17(18)19/h2-10,12-13,24,26H,11,30H2,1H3. The summed E-state index contributed by atoms with van der Waals surface area (Å²) in [5, 5.41) is 1.52. The number of hydrogen-bond donors (Lipinski definition) is 1. The van der Waals surface area contributed by atoms with Gasteiger partial charge in [0.25, 0.3) is 0 Å². The number of nitrogens with two attached hydrogens (primary N) is 1. The summed E-state index contributed by atoms with van der Waals surface area (Å²) in [6.45, 7) is 0. The third kappa shape index (κ3) is 3.82. The van der Waals surface area contributed by atoms with Crippen LogP contribution in [0.2, 0.25) is 0 Å². The highest BCUT2D eigenvalue weighted by atomic mass is 32.2. The molecule has 8 heteroatoms. The molecule has 174 valence electrons. The van der Waals surface area contributed by atoms with E-state index in [1.165, 1.54) is 0 Å². The lowest BCUT2D eigenvalue weighted by atomic mass is 9.88. The van der Waals surface area contributed by atoms with Gasteiger partial charge in [0, 0.05) is 23.3 Å². The second-order valence-corrected chi connectivity index (χ2v) is 10.5. The van der Waals surface area contributed by atoms with Crippen LogP contribution in [-0.4, -0.2) is 20.7 Å². The van der Waals surface area contributed by atoms with Gasteiger partial charge in [-0.3, -0.25) is 0 Å². The third-order valence-electron chi connectivity index (χ3n) is 6.08. The van der Waals surface area contributed by atoms with Crippen LogP contribution in [0.25, 0.3) is 21.9 Å². The molecule has 4 aromatic carbocycles. The molecule has 0 amide bonds. The van der Waals surface area contributed by atoms with Crippen LogP contribution in [0.15, 0.2) is 71.6 Å². The molecule has 1 aliphatic rings. The maximum atomic E-state index is 14.5. The first-order chi connectivity index (χ1) is 16.1. The van der Waals surface area contributed by atoms with Gasteiger partial charge in [-0.1, -0.05) is 36.4 Å². The lowest BCUT2D eigenvalue weighted by Gasteiger charge is -2.33. The molecule has 5 rings (SSSR count). The molecule has 0 aromatic heterocycles. The molecular formula is C26H20F3NO3S. The van der Waals surface area contributed by atoms with Crippen molar-refractivity contribution in [3.8, 4) is 16.9 Å². The predicted molar refractivity (Wildman–Crippen MR) is 124 cm³/mol. The molecule has 0 spiro atoms. The van der Waals surface area contributed by atoms with Gasteiger partial charge in [-0.2, -0.15) is 0 Å². The fourth-order valence-electron chi connectivity index (χ4n) is 4.46. The first-order valence-corrected chi connectivity index (χ1v) is 12.4. The van der Waals surface area contributed by atoms with Crippen molar-refractivity contribution in [2.75, 3.05) is 6.26 Å². The van der Waals surface area contributed by atoms with E-state index in [0.717, 1.165) is 34.2 Å². The molecule has 4 nitrogen and oxygen atoms in total. The Morgan fingerprint density at radius 2 is 1.59 bits per heavy atom. The SMILES string of the molecule is CS(=O)(=O)c1cccc(-c2cc3c(c4ccccc24)OC(c2cc(F)c(F)cc2F)C(N)C3)c1. The van der Waals surface area contributed by atoms with E-state index in [-0.39, 0.29) is 10.5 Å². The lowest BCUT2D eigenvalue weighted by molar-refractivity contribution is 0.151. The first-order valence-electron chi connectivity index (χ1n) is 10.6. The normalized spacial score (nSPS) is 17.9. The summed E-state index contributed by atoms with van der Waals surface area (Å²) in [5.74, 6) is -2.91. The molecule has 0 saturated heterocycles. The van der Waals surface area contributed by atoms with Crippen molar-refractivity contribution in [1.82, 2.24) is 0 Å². The van der Waals surface area contributed by atoms with E-state index < -0.39 is 39.4 Å². The summed E-state index contributed by atoms with van der Waals surface area (Å²) in [5.41, 5.74) is 8.43. The van der Waals surface area contributed by atoms with E-state index in [2.05, 4.69) is 0 Å². The monoisotopic (exact) mass is 483 g/mol. The highest BCUT2D eigenvalue weighted by Crippen LogP contribution is 2.44. The molecule has 1 heterocycles. The average Bonchev–Trinajstić information content (AvgIpc) is 2.80. The molecule has 2 atom stereocenters. The molecule has 1 aliphatic heterocycles. The Bertz CT molecular complexity index is 1550. The van der Waals surface area contributed by atoms with Gasteiger partial charge in [-0.15, -0.1) is 0 Å². The highest BCUT2D eigenvalue weighted by Gasteiger charge is 2.33. The van der Waals surface area contributed by atoms with Gasteiger partial charge in [0.15, 0.2) is 21.5 Å². The number of halogens is 3. The van der Waals surface area contributed by atoms with Crippen LogP contribution in [0.1, 0.15) is 17.2 Å². The van der Waals surface area contributed by atoms with Gasteiger partial charge in [0.2, 0.25) is 0 Å². The summed E-state index contributed by atoms with van der Waals surface area (Å²) in [6, 6.07) is 16.5. The van der Waals surface area contributed by atoms with Crippen LogP contribution in [0.3, 0.4) is 0 Å². The summed E-state index contributed by atoms with van der Waals surface area (Å²) in [4.78, 5) is 0.202. The smallest absolute Gasteiger partial charge is 0.175 e. The summed E-state index contributed by atoms with van der Waals surface area (Å²) in [7, 11) is -3.40. The zero-order valence-corrected chi connectivity index (χ0v) is 18.9. The Hall–Kier alpha value is -3.36. The fourth-order valence-corrected chi connectivity index (χ4v) is 5.12. The van der Waals surface area contributed by atoms with E-state index >= 15 is 0 Å². The topological polar surface area (TPSA) is 69.4 Å². The van der Waals surface area contributed by atoms with Gasteiger partial charge in [0.1, 0.15) is 17.7 Å². The van der Waals surface area contributed by atoms with Gasteiger partial charge in [-0.05, 0) is 52.8 Å². The van der Waals surface area contributed by atoms with Crippen molar-refractivity contribution in [1.29, 1.82) is 0 Å². The van der Waals surface area contributed by atoms with Crippen LogP contribution in [-0.2, 0) is 16.3 Å². The predicted octanol–water partition coefficient (Wildman–Crippen LogP) is 5.33. The van der Waals surface area contributed by atoms with E-state index in [0.29, 0.717) is 23.8 Å². The minimum atomic E-state index is -3.40. The van der Waals surface area contributed by atoms with Crippen molar-refractivity contribution >= 4 is 20.6 Å². The largest absolute Gasteiger partial charge is 0.483 e. The number of rotatable bonds is 3. The molecule has 0 fully saturated rings. The van der Waals surface area contributed by atoms with E-state index in [4.69, 9.17) is 10.5 Å². The van der Waals surface area contributed by atoms with Crippen LogP contribution in [0.5, 0.6) is 5.75 Å². The molecular weight excluding hydrogens is 463 g/mol. The van der Waals surface area contributed by atoms with Crippen molar-refractivity contribution < 1.29 is 26.3 Å². The number of ether oxygens (including phenoxy) is 1. The zero-order chi connectivity index (χ0) is 24.2. The number of fused-ring (bicyclic) bond motifs is 3. The van der Waals surface area contributed by atoms with Gasteiger partial charge in [-0.25, -0.2) is 21.6 Å². The minimum Gasteiger partial charge on any atom is -0.483 e. The van der Waals surface area contributed by atoms with Gasteiger partial charge < -0.3 is 10.5 Å². The van der Waals surface area contributed by atoms with Crippen molar-refractivity contribution in [3.63, 3.8) is 0 Å². The molecule has 2 N–H and O–H groups in total. The molecule has 0 saturated carbocycles.